The first-order valence-corrected chi connectivity index (χ1v) is 10.3. The van der Waals surface area contributed by atoms with E-state index in [1.807, 2.05) is 29.5 Å². The Balaban J connectivity index is 1.88. The number of benzene rings is 2. The molecule has 0 saturated heterocycles. The molecule has 30 heavy (non-hydrogen) atoms. The molecule has 0 heterocycles. The van der Waals surface area contributed by atoms with Crippen LogP contribution < -0.4 is 20.2 Å². The van der Waals surface area contributed by atoms with Crippen LogP contribution in [0.4, 0.5) is 0 Å². The smallest absolute Gasteiger partial charge is 0.262 e. The number of halogens is 1. The molecule has 0 saturated carbocycles. The minimum absolute atomic E-state index is 0.0619. The van der Waals surface area contributed by atoms with Gasteiger partial charge >= 0.3 is 0 Å². The van der Waals surface area contributed by atoms with Gasteiger partial charge in [-0.15, -0.1) is 0 Å². The molecule has 0 radical (unpaired) electrons. The molecule has 0 aromatic heterocycles. The van der Waals surface area contributed by atoms with Gasteiger partial charge in [-0.25, -0.2) is 5.43 Å². The highest BCUT2D eigenvalue weighted by molar-refractivity contribution is 14.1. The number of carbonyl (C=O) groups is 2. The zero-order valence-electron chi connectivity index (χ0n) is 16.9. The van der Waals surface area contributed by atoms with E-state index in [1.54, 1.807) is 50.4 Å². The molecule has 0 aliphatic carbocycles. The van der Waals surface area contributed by atoms with Crippen molar-refractivity contribution >= 4 is 40.6 Å². The van der Waals surface area contributed by atoms with Crippen LogP contribution in [0.3, 0.4) is 0 Å². The molecule has 1 atom stereocenters. The van der Waals surface area contributed by atoms with E-state index < -0.39 is 11.9 Å². The number of hydrogen-bond donors (Lipinski definition) is 3. The van der Waals surface area contributed by atoms with Crippen LogP contribution in [0.2, 0.25) is 0 Å². The lowest BCUT2D eigenvalue weighted by Gasteiger charge is -2.12. The monoisotopic (exact) mass is 525 g/mol. The van der Waals surface area contributed by atoms with E-state index in [-0.39, 0.29) is 18.1 Å². The van der Waals surface area contributed by atoms with Crippen molar-refractivity contribution in [1.29, 1.82) is 0 Å². The van der Waals surface area contributed by atoms with E-state index in [9.17, 15) is 14.7 Å². The number of ether oxygens (including phenoxy) is 2. The van der Waals surface area contributed by atoms with Gasteiger partial charge in [-0.05, 0) is 71.8 Å². The first kappa shape index (κ1) is 23.5. The standard InChI is InChI=1S/C21H24IN3O5/c1-4-30-18-10-15(9-17(22)20(18)27)12-23-25-21(28)13(2)24-19(26)11-14-5-7-16(29-3)8-6-14/h5-10,12-13,27H,4,11H2,1-3H3,(H,24,26)(H,25,28). The summed E-state index contributed by atoms with van der Waals surface area (Å²) in [5, 5.41) is 16.5. The number of nitrogens with one attached hydrogen (secondary N) is 2. The van der Waals surface area contributed by atoms with E-state index in [1.165, 1.54) is 6.21 Å². The molecule has 0 aliphatic rings. The molecule has 2 rings (SSSR count). The fraction of sp³-hybridized carbons (Fsp3) is 0.286. The summed E-state index contributed by atoms with van der Waals surface area (Å²) in [6.07, 6.45) is 1.59. The van der Waals surface area contributed by atoms with Gasteiger partial charge in [0.1, 0.15) is 11.8 Å². The van der Waals surface area contributed by atoms with E-state index in [0.29, 0.717) is 27.2 Å². The predicted molar refractivity (Wildman–Crippen MR) is 122 cm³/mol. The summed E-state index contributed by atoms with van der Waals surface area (Å²) in [5.41, 5.74) is 3.86. The van der Waals surface area contributed by atoms with Crippen molar-refractivity contribution in [1.82, 2.24) is 10.7 Å². The van der Waals surface area contributed by atoms with Crippen LogP contribution in [0, 0.1) is 3.57 Å². The number of carbonyl (C=O) groups excluding carboxylic acids is 2. The highest BCUT2D eigenvalue weighted by Gasteiger charge is 2.15. The summed E-state index contributed by atoms with van der Waals surface area (Å²) in [7, 11) is 1.57. The maximum absolute atomic E-state index is 12.2. The molecular formula is C21H24IN3O5. The fourth-order valence-corrected chi connectivity index (χ4v) is 3.11. The zero-order valence-corrected chi connectivity index (χ0v) is 19.1. The quantitative estimate of drug-likeness (QED) is 0.265. The van der Waals surface area contributed by atoms with Crippen molar-refractivity contribution in [3.63, 3.8) is 0 Å². The summed E-state index contributed by atoms with van der Waals surface area (Å²) < 4.78 is 11.1. The van der Waals surface area contributed by atoms with Crippen LogP contribution in [-0.4, -0.2) is 42.9 Å². The Kier molecular flexibility index (Phi) is 8.90. The van der Waals surface area contributed by atoms with Crippen molar-refractivity contribution < 1.29 is 24.2 Å². The minimum atomic E-state index is -0.758. The van der Waals surface area contributed by atoms with E-state index in [0.717, 1.165) is 5.56 Å². The van der Waals surface area contributed by atoms with Gasteiger partial charge in [0.25, 0.3) is 5.91 Å². The molecular weight excluding hydrogens is 501 g/mol. The lowest BCUT2D eigenvalue weighted by molar-refractivity contribution is -0.128. The molecule has 0 aliphatic heterocycles. The lowest BCUT2D eigenvalue weighted by Crippen LogP contribution is -2.43. The SMILES string of the molecule is CCOc1cc(C=NNC(=O)C(C)NC(=O)Cc2ccc(OC)cc2)cc(I)c1O. The first-order valence-electron chi connectivity index (χ1n) is 9.24. The van der Waals surface area contributed by atoms with Crippen LogP contribution in [-0.2, 0) is 16.0 Å². The Labute approximate surface area is 188 Å². The number of amides is 2. The minimum Gasteiger partial charge on any atom is -0.504 e. The van der Waals surface area contributed by atoms with Gasteiger partial charge in [-0.3, -0.25) is 9.59 Å². The third-order valence-electron chi connectivity index (χ3n) is 4.03. The summed E-state index contributed by atoms with van der Waals surface area (Å²) >= 11 is 1.98. The van der Waals surface area contributed by atoms with Gasteiger partial charge in [-0.2, -0.15) is 5.10 Å². The fourth-order valence-electron chi connectivity index (χ4n) is 2.49. The maximum atomic E-state index is 12.2. The second-order valence-electron chi connectivity index (χ2n) is 6.33. The van der Waals surface area contributed by atoms with Crippen molar-refractivity contribution in [2.75, 3.05) is 13.7 Å². The van der Waals surface area contributed by atoms with Gasteiger partial charge in [0.15, 0.2) is 11.5 Å². The van der Waals surface area contributed by atoms with Crippen molar-refractivity contribution in [2.24, 2.45) is 5.10 Å². The largest absolute Gasteiger partial charge is 0.504 e. The van der Waals surface area contributed by atoms with Gasteiger partial charge in [0, 0.05) is 0 Å². The number of methoxy groups -OCH3 is 1. The average molecular weight is 525 g/mol. The van der Waals surface area contributed by atoms with Crippen LogP contribution in [0.15, 0.2) is 41.5 Å². The Morgan fingerprint density at radius 2 is 1.97 bits per heavy atom. The number of phenols is 1. The molecule has 2 aromatic rings. The number of rotatable bonds is 9. The van der Waals surface area contributed by atoms with Gasteiger partial charge in [0.05, 0.1) is 29.9 Å². The van der Waals surface area contributed by atoms with Gasteiger partial charge in [0.2, 0.25) is 5.91 Å². The number of hydrogen-bond acceptors (Lipinski definition) is 6. The Hall–Kier alpha value is -2.82. The molecule has 2 amide bonds. The van der Waals surface area contributed by atoms with E-state index in [2.05, 4.69) is 15.8 Å². The number of phenolic OH excluding ortho intramolecular Hbond substituents is 1. The summed E-state index contributed by atoms with van der Waals surface area (Å²) in [6.45, 7) is 3.81. The van der Waals surface area contributed by atoms with Crippen LogP contribution in [0.25, 0.3) is 0 Å². The Morgan fingerprint density at radius 1 is 1.27 bits per heavy atom. The highest BCUT2D eigenvalue weighted by atomic mass is 127. The normalized spacial score (nSPS) is 11.7. The third-order valence-corrected chi connectivity index (χ3v) is 4.86. The number of nitrogens with zero attached hydrogens (tertiary/aromatic N) is 1. The maximum Gasteiger partial charge on any atom is 0.262 e. The summed E-state index contributed by atoms with van der Waals surface area (Å²) in [5.74, 6) is 0.388. The lowest BCUT2D eigenvalue weighted by atomic mass is 10.1. The molecule has 0 spiro atoms. The summed E-state index contributed by atoms with van der Waals surface area (Å²) in [4.78, 5) is 24.3. The predicted octanol–water partition coefficient (Wildman–Crippen LogP) is 2.60. The van der Waals surface area contributed by atoms with Crippen LogP contribution in [0.1, 0.15) is 25.0 Å². The third kappa shape index (κ3) is 6.90. The Bertz CT molecular complexity index is 916. The molecule has 8 nitrogen and oxygen atoms in total. The molecule has 0 fully saturated rings. The number of aromatic hydroxyl groups is 1. The summed E-state index contributed by atoms with van der Waals surface area (Å²) in [6, 6.07) is 9.70. The van der Waals surface area contributed by atoms with Gasteiger partial charge in [-0.1, -0.05) is 12.1 Å². The Morgan fingerprint density at radius 3 is 2.60 bits per heavy atom. The van der Waals surface area contributed by atoms with Crippen molar-refractivity contribution in [3.05, 3.63) is 51.1 Å². The molecule has 160 valence electrons. The average Bonchev–Trinajstić information content (AvgIpc) is 2.72. The molecule has 2 aromatic carbocycles. The number of hydrazone groups is 1. The van der Waals surface area contributed by atoms with Crippen LogP contribution >= 0.6 is 22.6 Å². The van der Waals surface area contributed by atoms with Crippen molar-refractivity contribution in [2.45, 2.75) is 26.3 Å². The first-order chi connectivity index (χ1) is 14.3. The van der Waals surface area contributed by atoms with E-state index in [4.69, 9.17) is 9.47 Å². The molecule has 0 bridgehead atoms. The highest BCUT2D eigenvalue weighted by Crippen LogP contribution is 2.32. The second kappa shape index (κ2) is 11.4. The molecule has 3 N–H and O–H groups in total. The second-order valence-corrected chi connectivity index (χ2v) is 7.49. The van der Waals surface area contributed by atoms with E-state index >= 15 is 0 Å². The van der Waals surface area contributed by atoms with Crippen molar-refractivity contribution in [3.8, 4) is 17.2 Å². The zero-order chi connectivity index (χ0) is 22.1. The topological polar surface area (TPSA) is 109 Å². The van der Waals surface area contributed by atoms with Gasteiger partial charge < -0.3 is 19.9 Å². The molecule has 1 unspecified atom stereocenters. The molecule has 9 heteroatoms. The van der Waals surface area contributed by atoms with Crippen LogP contribution in [0.5, 0.6) is 17.2 Å².